The highest BCUT2D eigenvalue weighted by atomic mass is 15.3. The quantitative estimate of drug-likeness (QED) is 0.537. The lowest BCUT2D eigenvalue weighted by molar-refractivity contribution is 0.324. The standard InChI is InChI=1S/C11H21N3/c1-3-11(2)6-7-14(8-11)10(12)13-9-4-5-9/h9H,3-8H2,1-2H3,(H2,12,13). The van der Waals surface area contributed by atoms with Crippen molar-refractivity contribution in [2.75, 3.05) is 13.1 Å². The van der Waals surface area contributed by atoms with E-state index in [1.165, 1.54) is 25.7 Å². The lowest BCUT2D eigenvalue weighted by Crippen LogP contribution is -2.37. The van der Waals surface area contributed by atoms with Crippen molar-refractivity contribution in [3.05, 3.63) is 0 Å². The number of hydrogen-bond acceptors (Lipinski definition) is 1. The Morgan fingerprint density at radius 3 is 2.79 bits per heavy atom. The minimum absolute atomic E-state index is 0.462. The molecule has 3 nitrogen and oxygen atoms in total. The van der Waals surface area contributed by atoms with Gasteiger partial charge in [0.05, 0.1) is 6.04 Å². The van der Waals surface area contributed by atoms with Crippen LogP contribution in [0.4, 0.5) is 0 Å². The average molecular weight is 195 g/mol. The first kappa shape index (κ1) is 9.81. The fourth-order valence-corrected chi connectivity index (χ4v) is 1.98. The van der Waals surface area contributed by atoms with Gasteiger partial charge in [0.2, 0.25) is 0 Å². The van der Waals surface area contributed by atoms with E-state index in [2.05, 4.69) is 23.7 Å². The zero-order chi connectivity index (χ0) is 10.2. The topological polar surface area (TPSA) is 41.6 Å². The van der Waals surface area contributed by atoms with Crippen molar-refractivity contribution in [3.63, 3.8) is 0 Å². The third kappa shape index (κ3) is 2.02. The molecule has 1 heterocycles. The molecule has 2 rings (SSSR count). The number of guanidine groups is 1. The first-order chi connectivity index (χ1) is 6.63. The van der Waals surface area contributed by atoms with E-state index in [-0.39, 0.29) is 0 Å². The summed E-state index contributed by atoms with van der Waals surface area (Å²) in [5.74, 6) is 0.782. The van der Waals surface area contributed by atoms with E-state index >= 15 is 0 Å². The number of aliphatic imine (C=N–C) groups is 1. The van der Waals surface area contributed by atoms with Crippen molar-refractivity contribution < 1.29 is 0 Å². The molecule has 0 aromatic rings. The summed E-state index contributed by atoms with van der Waals surface area (Å²) in [6, 6.07) is 0.545. The maximum atomic E-state index is 5.97. The summed E-state index contributed by atoms with van der Waals surface area (Å²) in [7, 11) is 0. The van der Waals surface area contributed by atoms with Crippen LogP contribution < -0.4 is 5.73 Å². The van der Waals surface area contributed by atoms with Crippen molar-refractivity contribution in [2.24, 2.45) is 16.1 Å². The van der Waals surface area contributed by atoms with E-state index in [4.69, 9.17) is 5.73 Å². The Hall–Kier alpha value is -0.730. The van der Waals surface area contributed by atoms with Crippen LogP contribution >= 0.6 is 0 Å². The summed E-state index contributed by atoms with van der Waals surface area (Å²) in [6.45, 7) is 6.78. The van der Waals surface area contributed by atoms with Crippen molar-refractivity contribution >= 4 is 5.96 Å². The molecule has 1 aliphatic carbocycles. The van der Waals surface area contributed by atoms with Gasteiger partial charge in [-0.05, 0) is 31.1 Å². The second kappa shape index (κ2) is 3.44. The van der Waals surface area contributed by atoms with Gasteiger partial charge in [-0.3, -0.25) is 0 Å². The molecule has 2 fully saturated rings. The van der Waals surface area contributed by atoms with Gasteiger partial charge in [0.1, 0.15) is 0 Å². The Bertz CT molecular complexity index is 245. The van der Waals surface area contributed by atoms with Crippen LogP contribution in [0.3, 0.4) is 0 Å². The molecule has 0 aromatic carbocycles. The number of hydrogen-bond donors (Lipinski definition) is 1. The number of nitrogens with two attached hydrogens (primary N) is 1. The molecule has 1 saturated heterocycles. The molecule has 0 spiro atoms. The third-order valence-electron chi connectivity index (χ3n) is 3.60. The molecule has 0 aromatic heterocycles. The summed E-state index contributed by atoms with van der Waals surface area (Å²) in [5.41, 5.74) is 6.43. The van der Waals surface area contributed by atoms with E-state index < -0.39 is 0 Å². The highest BCUT2D eigenvalue weighted by molar-refractivity contribution is 5.78. The van der Waals surface area contributed by atoms with Gasteiger partial charge in [0.15, 0.2) is 5.96 Å². The minimum atomic E-state index is 0.462. The molecule has 0 bridgehead atoms. The second-order valence-corrected chi connectivity index (χ2v) is 5.05. The van der Waals surface area contributed by atoms with Crippen LogP contribution in [0, 0.1) is 5.41 Å². The van der Waals surface area contributed by atoms with Crippen LogP contribution in [0.5, 0.6) is 0 Å². The van der Waals surface area contributed by atoms with Crippen molar-refractivity contribution in [2.45, 2.75) is 45.6 Å². The maximum Gasteiger partial charge on any atom is 0.191 e. The Morgan fingerprint density at radius 1 is 1.57 bits per heavy atom. The third-order valence-corrected chi connectivity index (χ3v) is 3.60. The van der Waals surface area contributed by atoms with Crippen molar-refractivity contribution in [3.8, 4) is 0 Å². The minimum Gasteiger partial charge on any atom is -0.370 e. The van der Waals surface area contributed by atoms with E-state index in [1.54, 1.807) is 0 Å². The molecule has 2 aliphatic rings. The van der Waals surface area contributed by atoms with Crippen molar-refractivity contribution in [1.82, 2.24) is 4.90 Å². The molecule has 80 valence electrons. The first-order valence-corrected chi connectivity index (χ1v) is 5.71. The molecule has 3 heteroatoms. The van der Waals surface area contributed by atoms with Crippen molar-refractivity contribution in [1.29, 1.82) is 0 Å². The van der Waals surface area contributed by atoms with Gasteiger partial charge in [0, 0.05) is 13.1 Å². The van der Waals surface area contributed by atoms with Crippen LogP contribution in [0.25, 0.3) is 0 Å². The molecule has 1 saturated carbocycles. The number of likely N-dealkylation sites (tertiary alicyclic amines) is 1. The van der Waals surface area contributed by atoms with Gasteiger partial charge < -0.3 is 10.6 Å². The molecule has 14 heavy (non-hydrogen) atoms. The fraction of sp³-hybridized carbons (Fsp3) is 0.909. The average Bonchev–Trinajstić information content (AvgIpc) is 2.88. The van der Waals surface area contributed by atoms with Gasteiger partial charge in [-0.25, -0.2) is 4.99 Å². The summed E-state index contributed by atoms with van der Waals surface area (Å²) < 4.78 is 0. The zero-order valence-corrected chi connectivity index (χ0v) is 9.29. The molecular formula is C11H21N3. The van der Waals surface area contributed by atoms with E-state index in [0.29, 0.717) is 11.5 Å². The van der Waals surface area contributed by atoms with Crippen LogP contribution in [-0.2, 0) is 0 Å². The largest absolute Gasteiger partial charge is 0.370 e. The molecule has 0 amide bonds. The number of rotatable bonds is 2. The Morgan fingerprint density at radius 2 is 2.29 bits per heavy atom. The molecule has 0 radical (unpaired) electrons. The molecule has 1 aliphatic heterocycles. The first-order valence-electron chi connectivity index (χ1n) is 5.71. The smallest absolute Gasteiger partial charge is 0.191 e. The van der Waals surface area contributed by atoms with Gasteiger partial charge >= 0.3 is 0 Å². The van der Waals surface area contributed by atoms with E-state index in [0.717, 1.165) is 19.0 Å². The Balaban J connectivity index is 1.94. The summed E-state index contributed by atoms with van der Waals surface area (Å²) in [4.78, 5) is 6.74. The van der Waals surface area contributed by atoms with E-state index in [1.807, 2.05) is 0 Å². The predicted octanol–water partition coefficient (Wildman–Crippen LogP) is 1.59. The normalized spacial score (nSPS) is 33.9. The number of nitrogens with zero attached hydrogens (tertiary/aromatic N) is 2. The van der Waals surface area contributed by atoms with E-state index in [9.17, 15) is 0 Å². The predicted molar refractivity (Wildman–Crippen MR) is 59.2 cm³/mol. The highest BCUT2D eigenvalue weighted by Gasteiger charge is 2.33. The van der Waals surface area contributed by atoms with Gasteiger partial charge in [-0.2, -0.15) is 0 Å². The maximum absolute atomic E-state index is 5.97. The monoisotopic (exact) mass is 195 g/mol. The van der Waals surface area contributed by atoms with Crippen LogP contribution in [0.2, 0.25) is 0 Å². The molecule has 1 atom stereocenters. The van der Waals surface area contributed by atoms with Crippen LogP contribution in [-0.4, -0.2) is 30.0 Å². The fourth-order valence-electron chi connectivity index (χ4n) is 1.98. The summed E-state index contributed by atoms with van der Waals surface area (Å²) in [5, 5.41) is 0. The molecule has 2 N–H and O–H groups in total. The Labute approximate surface area is 86.4 Å². The summed E-state index contributed by atoms with van der Waals surface area (Å²) in [6.07, 6.45) is 4.96. The zero-order valence-electron chi connectivity index (χ0n) is 9.29. The lowest BCUT2D eigenvalue weighted by atomic mass is 9.87. The van der Waals surface area contributed by atoms with Crippen LogP contribution in [0.1, 0.15) is 39.5 Å². The Kier molecular flexibility index (Phi) is 2.41. The summed E-state index contributed by atoms with van der Waals surface area (Å²) >= 11 is 0. The lowest BCUT2D eigenvalue weighted by Gasteiger charge is -2.23. The SMILES string of the molecule is CCC1(C)CCN(C(N)=NC2CC2)C1. The second-order valence-electron chi connectivity index (χ2n) is 5.05. The molecular weight excluding hydrogens is 174 g/mol. The van der Waals surface area contributed by atoms with Gasteiger partial charge in [-0.1, -0.05) is 13.8 Å². The van der Waals surface area contributed by atoms with Gasteiger partial charge in [0.25, 0.3) is 0 Å². The van der Waals surface area contributed by atoms with Crippen LogP contribution in [0.15, 0.2) is 4.99 Å². The highest BCUT2D eigenvalue weighted by Crippen LogP contribution is 2.33. The van der Waals surface area contributed by atoms with Gasteiger partial charge in [-0.15, -0.1) is 0 Å². The molecule has 1 unspecified atom stereocenters.